The summed E-state index contributed by atoms with van der Waals surface area (Å²) in [6.45, 7) is 9.01. The standard InChI is InChI=1S/C17H21ClN2O/c1-11(2)19-10-14-7-13(4)20-17(8-14)21-16-9-15(18)6-5-12(16)3/h5-9,11,19H,10H2,1-4H3. The number of hydrogen-bond acceptors (Lipinski definition) is 3. The van der Waals surface area contributed by atoms with Gasteiger partial charge in [-0.25, -0.2) is 4.98 Å². The predicted molar refractivity (Wildman–Crippen MR) is 87.2 cm³/mol. The van der Waals surface area contributed by atoms with Crippen molar-refractivity contribution >= 4 is 11.6 Å². The van der Waals surface area contributed by atoms with Gasteiger partial charge >= 0.3 is 0 Å². The van der Waals surface area contributed by atoms with E-state index in [0.717, 1.165) is 29.1 Å². The van der Waals surface area contributed by atoms with Crippen molar-refractivity contribution in [1.29, 1.82) is 0 Å². The first-order valence-corrected chi connectivity index (χ1v) is 7.47. The highest BCUT2D eigenvalue weighted by Crippen LogP contribution is 2.27. The molecule has 1 heterocycles. The number of hydrogen-bond donors (Lipinski definition) is 1. The molecule has 0 amide bonds. The van der Waals surface area contributed by atoms with Crippen LogP contribution in [0.2, 0.25) is 5.02 Å². The van der Waals surface area contributed by atoms with Gasteiger partial charge in [0.1, 0.15) is 5.75 Å². The minimum absolute atomic E-state index is 0.443. The maximum Gasteiger partial charge on any atom is 0.219 e. The third-order valence-electron chi connectivity index (χ3n) is 3.07. The Morgan fingerprint density at radius 3 is 2.67 bits per heavy atom. The molecular weight excluding hydrogens is 284 g/mol. The van der Waals surface area contributed by atoms with Crippen molar-refractivity contribution in [2.75, 3.05) is 0 Å². The van der Waals surface area contributed by atoms with Crippen LogP contribution in [0.15, 0.2) is 30.3 Å². The molecule has 0 unspecified atom stereocenters. The summed E-state index contributed by atoms with van der Waals surface area (Å²) < 4.78 is 5.89. The van der Waals surface area contributed by atoms with Gasteiger partial charge in [-0.3, -0.25) is 0 Å². The third kappa shape index (κ3) is 4.73. The van der Waals surface area contributed by atoms with Crippen molar-refractivity contribution in [2.45, 2.75) is 40.3 Å². The van der Waals surface area contributed by atoms with E-state index in [-0.39, 0.29) is 0 Å². The van der Waals surface area contributed by atoms with Crippen LogP contribution in [-0.4, -0.2) is 11.0 Å². The number of ether oxygens (including phenoxy) is 1. The molecule has 0 spiro atoms. The summed E-state index contributed by atoms with van der Waals surface area (Å²) in [6.07, 6.45) is 0. The summed E-state index contributed by atoms with van der Waals surface area (Å²) in [5, 5.41) is 4.05. The van der Waals surface area contributed by atoms with E-state index in [1.807, 2.05) is 38.1 Å². The first-order valence-electron chi connectivity index (χ1n) is 7.09. The van der Waals surface area contributed by atoms with Gasteiger partial charge in [0.2, 0.25) is 5.88 Å². The van der Waals surface area contributed by atoms with Crippen molar-refractivity contribution in [1.82, 2.24) is 10.3 Å². The average molecular weight is 305 g/mol. The van der Waals surface area contributed by atoms with Crippen LogP contribution >= 0.6 is 11.6 Å². The summed E-state index contributed by atoms with van der Waals surface area (Å²) in [5.74, 6) is 1.34. The molecule has 2 aromatic rings. The average Bonchev–Trinajstić information content (AvgIpc) is 2.40. The van der Waals surface area contributed by atoms with Gasteiger partial charge in [0.15, 0.2) is 0 Å². The summed E-state index contributed by atoms with van der Waals surface area (Å²) in [6, 6.07) is 10.1. The van der Waals surface area contributed by atoms with E-state index >= 15 is 0 Å². The van der Waals surface area contributed by atoms with Crippen molar-refractivity contribution in [3.05, 3.63) is 52.2 Å². The van der Waals surface area contributed by atoms with E-state index in [4.69, 9.17) is 16.3 Å². The Labute approximate surface area is 131 Å². The number of pyridine rings is 1. The Bertz CT molecular complexity index is 626. The number of aryl methyl sites for hydroxylation is 2. The Morgan fingerprint density at radius 1 is 1.19 bits per heavy atom. The first-order chi connectivity index (χ1) is 9.94. The zero-order valence-corrected chi connectivity index (χ0v) is 13.7. The Hall–Kier alpha value is -1.58. The second-order valence-electron chi connectivity index (χ2n) is 5.50. The molecule has 0 aliphatic heterocycles. The van der Waals surface area contributed by atoms with Crippen LogP contribution in [0.4, 0.5) is 0 Å². The Kier molecular flexibility index (Phi) is 5.21. The third-order valence-corrected chi connectivity index (χ3v) is 3.30. The van der Waals surface area contributed by atoms with E-state index in [9.17, 15) is 0 Å². The number of rotatable bonds is 5. The van der Waals surface area contributed by atoms with Crippen LogP contribution in [-0.2, 0) is 6.54 Å². The fraction of sp³-hybridized carbons (Fsp3) is 0.353. The second-order valence-corrected chi connectivity index (χ2v) is 5.94. The quantitative estimate of drug-likeness (QED) is 0.873. The zero-order chi connectivity index (χ0) is 15.4. The number of nitrogens with zero attached hydrogens (tertiary/aromatic N) is 1. The molecular formula is C17H21ClN2O. The van der Waals surface area contributed by atoms with Gasteiger partial charge in [0, 0.05) is 29.4 Å². The minimum atomic E-state index is 0.443. The number of nitrogens with one attached hydrogen (secondary N) is 1. The summed E-state index contributed by atoms with van der Waals surface area (Å²) in [5.41, 5.74) is 3.13. The number of halogens is 1. The van der Waals surface area contributed by atoms with Crippen LogP contribution in [0.3, 0.4) is 0 Å². The van der Waals surface area contributed by atoms with Gasteiger partial charge in [0.05, 0.1) is 0 Å². The van der Waals surface area contributed by atoms with Gasteiger partial charge in [0.25, 0.3) is 0 Å². The monoisotopic (exact) mass is 304 g/mol. The molecule has 2 rings (SSSR count). The molecule has 0 fully saturated rings. The zero-order valence-electron chi connectivity index (χ0n) is 12.9. The van der Waals surface area contributed by atoms with Gasteiger partial charge in [-0.1, -0.05) is 31.5 Å². The largest absolute Gasteiger partial charge is 0.439 e. The molecule has 3 nitrogen and oxygen atoms in total. The molecule has 0 radical (unpaired) electrons. The first kappa shape index (κ1) is 15.8. The van der Waals surface area contributed by atoms with E-state index in [1.54, 1.807) is 0 Å². The molecule has 0 saturated carbocycles. The summed E-state index contributed by atoms with van der Waals surface area (Å²) in [7, 11) is 0. The lowest BCUT2D eigenvalue weighted by molar-refractivity contribution is 0.456. The van der Waals surface area contributed by atoms with Crippen LogP contribution in [0, 0.1) is 13.8 Å². The Morgan fingerprint density at radius 2 is 1.95 bits per heavy atom. The normalized spacial score (nSPS) is 11.0. The van der Waals surface area contributed by atoms with Gasteiger partial charge in [-0.15, -0.1) is 0 Å². The fourth-order valence-electron chi connectivity index (χ4n) is 1.98. The number of benzene rings is 1. The molecule has 1 aromatic carbocycles. The molecule has 112 valence electrons. The fourth-order valence-corrected chi connectivity index (χ4v) is 2.14. The second kappa shape index (κ2) is 6.92. The molecule has 1 aromatic heterocycles. The minimum Gasteiger partial charge on any atom is -0.439 e. The molecule has 0 saturated heterocycles. The van der Waals surface area contributed by atoms with Crippen molar-refractivity contribution in [3.8, 4) is 11.6 Å². The highest BCUT2D eigenvalue weighted by Gasteiger charge is 2.06. The molecule has 21 heavy (non-hydrogen) atoms. The summed E-state index contributed by atoms with van der Waals surface area (Å²) in [4.78, 5) is 4.43. The lowest BCUT2D eigenvalue weighted by Gasteiger charge is -2.12. The van der Waals surface area contributed by atoms with Gasteiger partial charge in [-0.05, 0) is 43.2 Å². The van der Waals surface area contributed by atoms with Crippen molar-refractivity contribution in [2.24, 2.45) is 0 Å². The van der Waals surface area contributed by atoms with Crippen LogP contribution in [0.5, 0.6) is 11.6 Å². The van der Waals surface area contributed by atoms with Crippen molar-refractivity contribution < 1.29 is 4.74 Å². The maximum atomic E-state index is 6.02. The SMILES string of the molecule is Cc1cc(CNC(C)C)cc(Oc2cc(Cl)ccc2C)n1. The van der Waals surface area contributed by atoms with E-state index < -0.39 is 0 Å². The lowest BCUT2D eigenvalue weighted by Crippen LogP contribution is -2.21. The maximum absolute atomic E-state index is 6.02. The smallest absolute Gasteiger partial charge is 0.219 e. The van der Waals surface area contributed by atoms with Crippen molar-refractivity contribution in [3.63, 3.8) is 0 Å². The molecule has 0 aliphatic carbocycles. The highest BCUT2D eigenvalue weighted by molar-refractivity contribution is 6.30. The topological polar surface area (TPSA) is 34.1 Å². The van der Waals surface area contributed by atoms with E-state index in [1.165, 1.54) is 0 Å². The van der Waals surface area contributed by atoms with E-state index in [0.29, 0.717) is 16.9 Å². The summed E-state index contributed by atoms with van der Waals surface area (Å²) >= 11 is 6.02. The van der Waals surface area contributed by atoms with Gasteiger partial charge in [-0.2, -0.15) is 0 Å². The van der Waals surface area contributed by atoms with Crippen LogP contribution < -0.4 is 10.1 Å². The predicted octanol–water partition coefficient (Wildman–Crippen LogP) is 4.64. The van der Waals surface area contributed by atoms with Crippen LogP contribution in [0.25, 0.3) is 0 Å². The van der Waals surface area contributed by atoms with Gasteiger partial charge < -0.3 is 10.1 Å². The highest BCUT2D eigenvalue weighted by atomic mass is 35.5. The molecule has 1 N–H and O–H groups in total. The number of aromatic nitrogens is 1. The molecule has 4 heteroatoms. The van der Waals surface area contributed by atoms with Crippen LogP contribution in [0.1, 0.15) is 30.7 Å². The molecule has 0 atom stereocenters. The Balaban J connectivity index is 2.21. The van der Waals surface area contributed by atoms with E-state index in [2.05, 4.69) is 30.2 Å². The molecule has 0 bridgehead atoms. The lowest BCUT2D eigenvalue weighted by atomic mass is 10.2. The molecule has 0 aliphatic rings.